The number of benzene rings is 1. The van der Waals surface area contributed by atoms with Crippen molar-refractivity contribution in [2.75, 3.05) is 12.3 Å². The summed E-state index contributed by atoms with van der Waals surface area (Å²) >= 11 is 0. The van der Waals surface area contributed by atoms with Gasteiger partial charge in [-0.05, 0) is 69.7 Å². The Morgan fingerprint density at radius 3 is 2.73 bits per heavy atom. The summed E-state index contributed by atoms with van der Waals surface area (Å²) in [6.07, 6.45) is 3.56. The van der Waals surface area contributed by atoms with Gasteiger partial charge in [-0.15, -0.1) is 0 Å². The fourth-order valence-electron chi connectivity index (χ4n) is 3.01. The van der Waals surface area contributed by atoms with E-state index in [-0.39, 0.29) is 12.1 Å². The van der Waals surface area contributed by atoms with Crippen LogP contribution in [0, 0.1) is 0 Å². The number of nitrogens with zero attached hydrogens (tertiary/aromatic N) is 1. The molecule has 1 aliphatic carbocycles. The van der Waals surface area contributed by atoms with Gasteiger partial charge in [0.25, 0.3) is 0 Å². The molecule has 1 aliphatic rings. The number of rotatable bonds is 3. The Morgan fingerprint density at radius 1 is 1.36 bits per heavy atom. The molecule has 4 nitrogen and oxygen atoms in total. The van der Waals surface area contributed by atoms with Crippen LogP contribution in [-0.2, 0) is 17.6 Å². The summed E-state index contributed by atoms with van der Waals surface area (Å²) in [5.41, 5.74) is 8.84. The second-order valence-electron chi connectivity index (χ2n) is 7.10. The molecule has 0 spiro atoms. The number of anilines is 1. The van der Waals surface area contributed by atoms with Gasteiger partial charge < -0.3 is 15.4 Å². The molecule has 122 valence electrons. The number of nitrogens with two attached hydrogens (primary N) is 1. The second-order valence-corrected chi connectivity index (χ2v) is 7.10. The van der Waals surface area contributed by atoms with Gasteiger partial charge in [0.05, 0.1) is 0 Å². The maximum Gasteiger partial charge on any atom is 0.410 e. The molecule has 0 bridgehead atoms. The summed E-state index contributed by atoms with van der Waals surface area (Å²) < 4.78 is 5.58. The minimum Gasteiger partial charge on any atom is -0.444 e. The van der Waals surface area contributed by atoms with Gasteiger partial charge in [0.1, 0.15) is 5.60 Å². The van der Waals surface area contributed by atoms with Crippen LogP contribution in [0.4, 0.5) is 10.5 Å². The first-order valence-electron chi connectivity index (χ1n) is 8.17. The van der Waals surface area contributed by atoms with Crippen molar-refractivity contribution in [1.29, 1.82) is 0 Å². The van der Waals surface area contributed by atoms with Gasteiger partial charge in [0, 0.05) is 18.3 Å². The van der Waals surface area contributed by atoms with Crippen molar-refractivity contribution < 1.29 is 9.53 Å². The van der Waals surface area contributed by atoms with Gasteiger partial charge in [-0.2, -0.15) is 0 Å². The molecule has 0 aromatic heterocycles. The highest BCUT2D eigenvalue weighted by Crippen LogP contribution is 2.27. The lowest BCUT2D eigenvalue weighted by Crippen LogP contribution is -2.46. The van der Waals surface area contributed by atoms with Gasteiger partial charge in [0.15, 0.2) is 0 Å². The first-order chi connectivity index (χ1) is 10.3. The Bertz CT molecular complexity index is 534. The maximum absolute atomic E-state index is 12.5. The van der Waals surface area contributed by atoms with E-state index in [9.17, 15) is 4.79 Å². The lowest BCUT2D eigenvalue weighted by Gasteiger charge is -2.36. The van der Waals surface area contributed by atoms with E-state index >= 15 is 0 Å². The molecule has 1 amide bonds. The van der Waals surface area contributed by atoms with E-state index in [4.69, 9.17) is 10.5 Å². The number of hydrogen-bond acceptors (Lipinski definition) is 3. The SMILES string of the molecule is CCCN(C(=O)OC(C)(C)C)[C@H]1CCc2cc(N)ccc2C1. The van der Waals surface area contributed by atoms with Crippen molar-refractivity contribution in [3.8, 4) is 0 Å². The van der Waals surface area contributed by atoms with Crippen LogP contribution in [0.3, 0.4) is 0 Å². The monoisotopic (exact) mass is 304 g/mol. The average molecular weight is 304 g/mol. The van der Waals surface area contributed by atoms with Crippen molar-refractivity contribution in [2.24, 2.45) is 0 Å². The largest absolute Gasteiger partial charge is 0.444 e. The molecule has 0 unspecified atom stereocenters. The molecule has 4 heteroatoms. The lowest BCUT2D eigenvalue weighted by atomic mass is 9.87. The van der Waals surface area contributed by atoms with Crippen molar-refractivity contribution in [1.82, 2.24) is 4.90 Å². The number of carbonyl (C=O) groups is 1. The van der Waals surface area contributed by atoms with Crippen LogP contribution in [0.15, 0.2) is 18.2 Å². The quantitative estimate of drug-likeness (QED) is 0.865. The third-order valence-corrected chi connectivity index (χ3v) is 3.97. The number of amides is 1. The van der Waals surface area contributed by atoms with Gasteiger partial charge in [-0.3, -0.25) is 0 Å². The molecule has 1 aromatic carbocycles. The first-order valence-corrected chi connectivity index (χ1v) is 8.17. The predicted octanol–water partition coefficient (Wildman–Crippen LogP) is 3.77. The Hall–Kier alpha value is -1.71. The molecule has 22 heavy (non-hydrogen) atoms. The van der Waals surface area contributed by atoms with Crippen molar-refractivity contribution >= 4 is 11.8 Å². The lowest BCUT2D eigenvalue weighted by molar-refractivity contribution is 0.0146. The number of fused-ring (bicyclic) bond motifs is 1. The van der Waals surface area contributed by atoms with E-state index in [1.54, 1.807) is 0 Å². The van der Waals surface area contributed by atoms with E-state index in [0.717, 1.165) is 37.9 Å². The Kier molecular flexibility index (Phi) is 4.99. The molecule has 0 saturated heterocycles. The summed E-state index contributed by atoms with van der Waals surface area (Å²) in [6.45, 7) is 8.56. The third kappa shape index (κ3) is 4.15. The maximum atomic E-state index is 12.5. The van der Waals surface area contributed by atoms with Crippen LogP contribution in [0.25, 0.3) is 0 Å². The standard InChI is InChI=1S/C18H28N2O2/c1-5-10-20(17(21)22-18(2,3)4)16-9-7-13-11-15(19)8-6-14(13)12-16/h6,8,11,16H,5,7,9-10,12,19H2,1-4H3/t16-/m0/s1. The third-order valence-electron chi connectivity index (χ3n) is 3.97. The zero-order valence-corrected chi connectivity index (χ0v) is 14.2. The highest BCUT2D eigenvalue weighted by atomic mass is 16.6. The summed E-state index contributed by atoms with van der Waals surface area (Å²) in [7, 11) is 0. The van der Waals surface area contributed by atoms with Crippen LogP contribution in [0.1, 0.15) is 51.7 Å². The summed E-state index contributed by atoms with van der Waals surface area (Å²) in [6, 6.07) is 6.31. The minimum absolute atomic E-state index is 0.196. The van der Waals surface area contributed by atoms with Gasteiger partial charge in [0.2, 0.25) is 0 Å². The highest BCUT2D eigenvalue weighted by molar-refractivity contribution is 5.68. The van der Waals surface area contributed by atoms with Gasteiger partial charge in [-0.25, -0.2) is 4.79 Å². The molecular weight excluding hydrogens is 276 g/mol. The molecule has 0 aliphatic heterocycles. The fourth-order valence-corrected chi connectivity index (χ4v) is 3.01. The summed E-state index contributed by atoms with van der Waals surface area (Å²) in [5, 5.41) is 0. The van der Waals surface area contributed by atoms with Crippen molar-refractivity contribution in [3.63, 3.8) is 0 Å². The summed E-state index contributed by atoms with van der Waals surface area (Å²) in [5.74, 6) is 0. The van der Waals surface area contributed by atoms with Crippen LogP contribution >= 0.6 is 0 Å². The minimum atomic E-state index is -0.454. The molecule has 2 N–H and O–H groups in total. The first kappa shape index (κ1) is 16.7. The van der Waals surface area contributed by atoms with E-state index in [2.05, 4.69) is 19.1 Å². The molecule has 2 rings (SSSR count). The molecule has 1 atom stereocenters. The zero-order chi connectivity index (χ0) is 16.3. The number of aryl methyl sites for hydroxylation is 1. The van der Waals surface area contributed by atoms with Crippen LogP contribution in [0.5, 0.6) is 0 Å². The van der Waals surface area contributed by atoms with Crippen molar-refractivity contribution in [3.05, 3.63) is 29.3 Å². The predicted molar refractivity (Wildman–Crippen MR) is 89.9 cm³/mol. The molecular formula is C18H28N2O2. The zero-order valence-electron chi connectivity index (χ0n) is 14.2. The normalized spacial score (nSPS) is 17.7. The molecule has 0 fully saturated rings. The summed E-state index contributed by atoms with van der Waals surface area (Å²) in [4.78, 5) is 14.4. The van der Waals surface area contributed by atoms with Crippen LogP contribution in [0.2, 0.25) is 0 Å². The van der Waals surface area contributed by atoms with Crippen LogP contribution in [-0.4, -0.2) is 29.2 Å². The fraction of sp³-hybridized carbons (Fsp3) is 0.611. The molecule has 0 saturated carbocycles. The smallest absolute Gasteiger partial charge is 0.410 e. The van der Waals surface area contributed by atoms with E-state index in [1.165, 1.54) is 11.1 Å². The number of hydrogen-bond donors (Lipinski definition) is 1. The topological polar surface area (TPSA) is 55.6 Å². The number of ether oxygens (including phenoxy) is 1. The number of carbonyl (C=O) groups excluding carboxylic acids is 1. The molecule has 1 aromatic rings. The Morgan fingerprint density at radius 2 is 2.09 bits per heavy atom. The second kappa shape index (κ2) is 6.59. The van der Waals surface area contributed by atoms with E-state index in [1.807, 2.05) is 31.7 Å². The Balaban J connectivity index is 2.13. The molecule has 0 heterocycles. The number of nitrogen functional groups attached to an aromatic ring is 1. The van der Waals surface area contributed by atoms with Gasteiger partial charge in [-0.1, -0.05) is 13.0 Å². The van der Waals surface area contributed by atoms with Crippen molar-refractivity contribution in [2.45, 2.75) is 65.0 Å². The Labute approximate surface area is 133 Å². The highest BCUT2D eigenvalue weighted by Gasteiger charge is 2.30. The molecule has 0 radical (unpaired) electrons. The van der Waals surface area contributed by atoms with E-state index < -0.39 is 5.60 Å². The van der Waals surface area contributed by atoms with E-state index in [0.29, 0.717) is 0 Å². The van der Waals surface area contributed by atoms with Gasteiger partial charge >= 0.3 is 6.09 Å². The average Bonchev–Trinajstić information content (AvgIpc) is 2.42. The van der Waals surface area contributed by atoms with Crippen LogP contribution < -0.4 is 5.73 Å².